The number of nitrogens with one attached hydrogen (secondary N) is 2. The summed E-state index contributed by atoms with van der Waals surface area (Å²) in [6, 6.07) is 18.2. The molecule has 7 aromatic rings. The Morgan fingerprint density at radius 3 is 0.700 bits per heavy atom. The highest BCUT2D eigenvalue weighted by Crippen LogP contribution is 2.45. The zero-order valence-corrected chi connectivity index (χ0v) is 49.4. The second-order valence-electron chi connectivity index (χ2n) is 24.6. The Bertz CT molecular complexity index is 3000. The van der Waals surface area contributed by atoms with Crippen molar-refractivity contribution in [2.75, 3.05) is 26.4 Å². The van der Waals surface area contributed by atoms with E-state index in [9.17, 15) is 20.4 Å². The van der Waals surface area contributed by atoms with Crippen LogP contribution in [0.1, 0.15) is 177 Å². The van der Waals surface area contributed by atoms with E-state index in [0.717, 1.165) is 169 Å². The van der Waals surface area contributed by atoms with E-state index in [0.29, 0.717) is 95.2 Å². The number of aromatic amines is 2. The fourth-order valence-electron chi connectivity index (χ4n) is 12.0. The van der Waals surface area contributed by atoms with Gasteiger partial charge in [0.2, 0.25) is 0 Å². The van der Waals surface area contributed by atoms with Crippen molar-refractivity contribution in [1.82, 2.24) is 39.9 Å². The van der Waals surface area contributed by atoms with Gasteiger partial charge in [-0.2, -0.15) is 0 Å². The average Bonchev–Trinajstić information content (AvgIpc) is 4.32. The zero-order valence-electron chi connectivity index (χ0n) is 49.4. The van der Waals surface area contributed by atoms with Crippen LogP contribution in [0.3, 0.4) is 0 Å². The number of aromatic nitrogens is 8. The summed E-state index contributed by atoms with van der Waals surface area (Å²) < 4.78 is 0. The third-order valence-corrected chi connectivity index (χ3v) is 16.5. The lowest BCUT2D eigenvalue weighted by atomic mass is 9.91. The number of rotatable bonds is 28. The quantitative estimate of drug-likeness (QED) is 0.0257. The number of H-pyrrole nitrogens is 2. The number of nitrogens with zero attached hydrogens (tertiary/aromatic N) is 6. The predicted molar refractivity (Wildman–Crippen MR) is 329 cm³/mol. The highest BCUT2D eigenvalue weighted by molar-refractivity contribution is 6.10. The normalized spacial score (nSPS) is 12.4. The molecular weight excluding hydrogens is 993 g/mol. The molecule has 0 saturated heterocycles. The second kappa shape index (κ2) is 27.2. The summed E-state index contributed by atoms with van der Waals surface area (Å²) in [5, 5.41) is 44.5. The average molecular weight is 1080 g/mol. The van der Waals surface area contributed by atoms with Gasteiger partial charge in [-0.05, 0) is 197 Å². The van der Waals surface area contributed by atoms with Gasteiger partial charge in [0.05, 0.1) is 0 Å². The van der Waals surface area contributed by atoms with Crippen molar-refractivity contribution >= 4 is 44.1 Å². The number of unbranched alkanes of at least 4 members (excludes halogenated alkanes) is 4. The highest BCUT2D eigenvalue weighted by Gasteiger charge is 2.30. The van der Waals surface area contributed by atoms with Crippen LogP contribution in [0, 0.1) is 23.7 Å². The SMILES string of the molecule is CC(C)CCc1ccc(CCC(C)C)c2c3nc4nc(nc5[nH]c(nc6nc(nc([nH]3)c12)-c1c(CCCCO)ccc(CCCCO)c1-6)c1c(CCC(C)C)ccc(CCC(C)C)c51)-c1c(CCCCO)ccc(CCCCO)c1-4. The van der Waals surface area contributed by atoms with Gasteiger partial charge in [0.1, 0.15) is 22.6 Å². The van der Waals surface area contributed by atoms with Crippen LogP contribution in [0.25, 0.3) is 89.7 Å². The van der Waals surface area contributed by atoms with Crippen molar-refractivity contribution in [1.29, 1.82) is 0 Å². The molecular formula is C68H90N8O4. The minimum atomic E-state index is 0.119. The summed E-state index contributed by atoms with van der Waals surface area (Å²) in [5.41, 5.74) is 16.0. The van der Waals surface area contributed by atoms with E-state index < -0.39 is 0 Å². The number of hydrogen-bond donors (Lipinski definition) is 6. The van der Waals surface area contributed by atoms with E-state index in [4.69, 9.17) is 29.9 Å². The number of aliphatic hydroxyl groups excluding tert-OH is 4. The first kappa shape index (κ1) is 58.7. The van der Waals surface area contributed by atoms with Crippen LogP contribution in [-0.4, -0.2) is 86.7 Å². The molecule has 0 radical (unpaired) electrons. The molecule has 6 N–H and O–H groups in total. The first-order valence-electron chi connectivity index (χ1n) is 30.7. The van der Waals surface area contributed by atoms with Gasteiger partial charge in [-0.1, -0.05) is 104 Å². The van der Waals surface area contributed by atoms with E-state index in [2.05, 4.69) is 114 Å². The second-order valence-corrected chi connectivity index (χ2v) is 24.6. The maximum atomic E-state index is 10.1. The van der Waals surface area contributed by atoms with Crippen molar-refractivity contribution in [3.8, 4) is 45.6 Å². The first-order valence-corrected chi connectivity index (χ1v) is 30.7. The Morgan fingerprint density at radius 1 is 0.287 bits per heavy atom. The summed E-state index contributed by atoms with van der Waals surface area (Å²) >= 11 is 0. The summed E-state index contributed by atoms with van der Waals surface area (Å²) in [7, 11) is 0. The summed E-state index contributed by atoms with van der Waals surface area (Å²) in [6.45, 7) is 18.8. The molecule has 80 heavy (non-hydrogen) atoms. The molecule has 2 aliphatic heterocycles. The van der Waals surface area contributed by atoms with Crippen molar-refractivity contribution in [2.45, 2.75) is 184 Å². The third kappa shape index (κ3) is 13.2. The van der Waals surface area contributed by atoms with E-state index in [1.54, 1.807) is 0 Å². The van der Waals surface area contributed by atoms with Gasteiger partial charge in [0.25, 0.3) is 0 Å². The Labute approximate surface area is 474 Å². The lowest BCUT2D eigenvalue weighted by Crippen LogP contribution is -1.99. The van der Waals surface area contributed by atoms with E-state index >= 15 is 0 Å². The maximum absolute atomic E-state index is 10.1. The van der Waals surface area contributed by atoms with Crippen molar-refractivity contribution < 1.29 is 20.4 Å². The Morgan fingerprint density at radius 2 is 0.500 bits per heavy atom. The summed E-state index contributed by atoms with van der Waals surface area (Å²) in [4.78, 5) is 42.1. The summed E-state index contributed by atoms with van der Waals surface area (Å²) in [5.74, 6) is 4.34. The molecule has 4 aromatic carbocycles. The van der Waals surface area contributed by atoms with Crippen LogP contribution < -0.4 is 0 Å². The van der Waals surface area contributed by atoms with Gasteiger partial charge in [0, 0.05) is 70.2 Å². The maximum Gasteiger partial charge on any atom is 0.165 e. The van der Waals surface area contributed by atoms with Gasteiger partial charge < -0.3 is 30.4 Å². The van der Waals surface area contributed by atoms with Crippen LogP contribution in [0.4, 0.5) is 0 Å². The van der Waals surface area contributed by atoms with Crippen molar-refractivity contribution in [3.63, 3.8) is 0 Å². The molecule has 0 amide bonds. The molecule has 5 heterocycles. The van der Waals surface area contributed by atoms with Crippen molar-refractivity contribution in [2.24, 2.45) is 23.7 Å². The van der Waals surface area contributed by atoms with E-state index in [1.165, 1.54) is 22.3 Å². The highest BCUT2D eigenvalue weighted by atomic mass is 16.3. The molecule has 0 unspecified atom stereocenters. The zero-order chi connectivity index (χ0) is 56.5. The fourth-order valence-corrected chi connectivity index (χ4v) is 12.0. The number of benzene rings is 4. The minimum Gasteiger partial charge on any atom is -0.396 e. The molecule has 0 atom stereocenters. The van der Waals surface area contributed by atoms with Gasteiger partial charge >= 0.3 is 0 Å². The van der Waals surface area contributed by atoms with Crippen LogP contribution in [0.2, 0.25) is 0 Å². The Balaban J connectivity index is 1.53. The van der Waals surface area contributed by atoms with Crippen LogP contribution in [0.15, 0.2) is 48.5 Å². The molecule has 12 heteroatoms. The van der Waals surface area contributed by atoms with Crippen LogP contribution in [0.5, 0.6) is 0 Å². The number of hydrogen-bond acceptors (Lipinski definition) is 10. The molecule has 2 aliphatic rings. The molecule has 0 spiro atoms. The third-order valence-electron chi connectivity index (χ3n) is 16.5. The van der Waals surface area contributed by atoms with Crippen LogP contribution in [-0.2, 0) is 51.4 Å². The standard InChI is InChI=1S/C68H90N8O4/c1-41(2)21-25-49-33-34-50(26-22-42(3)4)58-57(49)65-71-61-53-45(17-9-13-37-77)29-30-46(18-10-14-38-78)54(53)63(69-61)73-67-59-51(27-23-43(5)6)35-36-52(28-24-44(7)8)60(59)68(76-67)74-64-56-48(20-12-16-40-80)32-31-47(19-11-15-39-79)55(56)62(70-64)72-66(58)75-65/h29-36,41-44,77-80H,9-28,37-40H2,1-8H3,(H2,69,70,71,72,73,74,75,76). The molecule has 0 fully saturated rings. The van der Waals surface area contributed by atoms with E-state index in [-0.39, 0.29) is 26.4 Å². The Hall–Kier alpha value is -5.92. The van der Waals surface area contributed by atoms with Crippen molar-refractivity contribution in [3.05, 3.63) is 93.0 Å². The lowest BCUT2D eigenvalue weighted by molar-refractivity contribution is 0.284. The molecule has 9 rings (SSSR count). The monoisotopic (exact) mass is 1080 g/mol. The van der Waals surface area contributed by atoms with Gasteiger partial charge in [0.15, 0.2) is 23.3 Å². The molecule has 3 aromatic heterocycles. The van der Waals surface area contributed by atoms with E-state index in [1.807, 2.05) is 0 Å². The number of fused-ring (bicyclic) bond motifs is 20. The lowest BCUT2D eigenvalue weighted by Gasteiger charge is -2.13. The summed E-state index contributed by atoms with van der Waals surface area (Å²) in [6.07, 6.45) is 16.4. The minimum absolute atomic E-state index is 0.119. The Kier molecular flexibility index (Phi) is 20.0. The predicted octanol–water partition coefficient (Wildman–Crippen LogP) is 14.5. The molecule has 8 bridgehead atoms. The smallest absolute Gasteiger partial charge is 0.165 e. The first-order chi connectivity index (χ1) is 38.8. The molecule has 12 nitrogen and oxygen atoms in total. The molecule has 0 saturated carbocycles. The van der Waals surface area contributed by atoms with Crippen LogP contribution >= 0.6 is 0 Å². The van der Waals surface area contributed by atoms with Gasteiger partial charge in [-0.3, -0.25) is 0 Å². The number of aliphatic hydroxyl groups is 4. The fraction of sp³-hybridized carbons (Fsp3) is 0.529. The topological polar surface area (TPSA) is 190 Å². The van der Waals surface area contributed by atoms with Gasteiger partial charge in [-0.25, -0.2) is 29.9 Å². The number of aryl methyl sites for hydroxylation is 8. The van der Waals surface area contributed by atoms with Gasteiger partial charge in [-0.15, -0.1) is 0 Å². The molecule has 0 aliphatic carbocycles. The molecule has 426 valence electrons. The largest absolute Gasteiger partial charge is 0.396 e.